The highest BCUT2D eigenvalue weighted by Gasteiger charge is 2.13. The van der Waals surface area contributed by atoms with E-state index in [1.54, 1.807) is 24.1 Å². The van der Waals surface area contributed by atoms with Gasteiger partial charge < -0.3 is 15.7 Å². The normalized spacial score (nSPS) is 10.0. The molecule has 0 radical (unpaired) electrons. The largest absolute Gasteiger partial charge is 0.481 e. The van der Waals surface area contributed by atoms with E-state index in [4.69, 9.17) is 22.4 Å². The minimum Gasteiger partial charge on any atom is -0.481 e. The average Bonchev–Trinajstić information content (AvgIpc) is 2.25. The number of primary amides is 1. The molecule has 0 saturated carbocycles. The van der Waals surface area contributed by atoms with E-state index in [-0.39, 0.29) is 13.0 Å². The highest BCUT2D eigenvalue weighted by atomic mass is 35.5. The third-order valence-electron chi connectivity index (χ3n) is 2.30. The molecule has 0 aliphatic carbocycles. The molecule has 3 N–H and O–H groups in total. The lowest BCUT2D eigenvalue weighted by molar-refractivity contribution is -0.136. The minimum atomic E-state index is -0.903. The van der Waals surface area contributed by atoms with Crippen LogP contribution in [0.1, 0.15) is 16.8 Å². The first-order valence-corrected chi connectivity index (χ1v) is 5.32. The Balaban J connectivity index is 2.97. The molecule has 0 aromatic heterocycles. The summed E-state index contributed by atoms with van der Waals surface area (Å²) in [6.07, 6.45) is -0.0266. The van der Waals surface area contributed by atoms with Crippen LogP contribution in [-0.2, 0) is 4.79 Å². The molecule has 92 valence electrons. The number of benzene rings is 1. The van der Waals surface area contributed by atoms with E-state index in [2.05, 4.69) is 0 Å². The Morgan fingerprint density at radius 3 is 2.65 bits per heavy atom. The van der Waals surface area contributed by atoms with E-state index in [1.807, 2.05) is 0 Å². The number of halogens is 1. The van der Waals surface area contributed by atoms with Gasteiger partial charge in [0.1, 0.15) is 0 Å². The molecule has 0 saturated heterocycles. The van der Waals surface area contributed by atoms with Crippen LogP contribution in [-0.4, -0.2) is 30.6 Å². The van der Waals surface area contributed by atoms with Gasteiger partial charge in [-0.3, -0.25) is 9.59 Å². The van der Waals surface area contributed by atoms with Crippen molar-refractivity contribution in [3.05, 3.63) is 28.8 Å². The van der Waals surface area contributed by atoms with Gasteiger partial charge in [-0.1, -0.05) is 11.6 Å². The molecular weight excluding hydrogens is 244 g/mol. The molecule has 6 heteroatoms. The number of carbonyl (C=O) groups excluding carboxylic acids is 1. The van der Waals surface area contributed by atoms with Crippen molar-refractivity contribution in [1.29, 1.82) is 0 Å². The van der Waals surface area contributed by atoms with Crippen molar-refractivity contribution in [1.82, 2.24) is 0 Å². The molecule has 5 nitrogen and oxygen atoms in total. The number of hydrogen-bond donors (Lipinski definition) is 2. The van der Waals surface area contributed by atoms with Crippen LogP contribution in [0.15, 0.2) is 18.2 Å². The average molecular weight is 257 g/mol. The van der Waals surface area contributed by atoms with Gasteiger partial charge in [-0.05, 0) is 18.2 Å². The molecule has 0 unspecified atom stereocenters. The summed E-state index contributed by atoms with van der Waals surface area (Å²) in [6, 6.07) is 4.68. The Kier molecular flexibility index (Phi) is 4.34. The number of amides is 1. The summed E-state index contributed by atoms with van der Waals surface area (Å²) >= 11 is 5.83. The van der Waals surface area contributed by atoms with Crippen LogP contribution in [0.3, 0.4) is 0 Å². The maximum atomic E-state index is 11.2. The zero-order valence-corrected chi connectivity index (χ0v) is 10.1. The fourth-order valence-corrected chi connectivity index (χ4v) is 1.58. The van der Waals surface area contributed by atoms with Gasteiger partial charge in [0.25, 0.3) is 5.91 Å². The summed E-state index contributed by atoms with van der Waals surface area (Å²) in [6.45, 7) is 0.274. The molecule has 0 bridgehead atoms. The van der Waals surface area contributed by atoms with Crippen molar-refractivity contribution in [2.24, 2.45) is 5.73 Å². The number of nitrogens with two attached hydrogens (primary N) is 1. The number of carbonyl (C=O) groups is 2. The van der Waals surface area contributed by atoms with Gasteiger partial charge in [-0.2, -0.15) is 0 Å². The first kappa shape index (κ1) is 13.3. The van der Waals surface area contributed by atoms with E-state index in [0.717, 1.165) is 0 Å². The zero-order valence-electron chi connectivity index (χ0n) is 9.31. The first-order valence-electron chi connectivity index (χ1n) is 4.94. The van der Waals surface area contributed by atoms with E-state index >= 15 is 0 Å². The van der Waals surface area contributed by atoms with Crippen molar-refractivity contribution in [3.8, 4) is 0 Å². The van der Waals surface area contributed by atoms with Crippen LogP contribution in [0.4, 0.5) is 5.69 Å². The Morgan fingerprint density at radius 2 is 2.12 bits per heavy atom. The summed E-state index contributed by atoms with van der Waals surface area (Å²) in [5, 5.41) is 9.06. The number of nitrogens with zero attached hydrogens (tertiary/aromatic N) is 1. The quantitative estimate of drug-likeness (QED) is 0.833. The third-order valence-corrected chi connectivity index (χ3v) is 2.53. The molecule has 0 atom stereocenters. The lowest BCUT2D eigenvalue weighted by Crippen LogP contribution is -2.24. The topological polar surface area (TPSA) is 83.6 Å². The summed E-state index contributed by atoms with van der Waals surface area (Å²) in [4.78, 5) is 23.3. The Morgan fingerprint density at radius 1 is 1.47 bits per heavy atom. The van der Waals surface area contributed by atoms with Crippen molar-refractivity contribution >= 4 is 29.2 Å². The van der Waals surface area contributed by atoms with Crippen LogP contribution >= 0.6 is 11.6 Å². The van der Waals surface area contributed by atoms with Gasteiger partial charge in [-0.15, -0.1) is 0 Å². The number of carboxylic acid groups (broad SMARTS) is 1. The van der Waals surface area contributed by atoms with E-state index in [9.17, 15) is 9.59 Å². The molecule has 1 aromatic carbocycles. The standard InChI is InChI=1S/C11H13ClN2O3/c1-14(5-4-10(15)16)9-6-7(12)2-3-8(9)11(13)17/h2-3,6H,4-5H2,1H3,(H2,13,17)(H,15,16). The molecule has 1 aromatic rings. The predicted molar refractivity (Wildman–Crippen MR) is 65.5 cm³/mol. The molecule has 0 aliphatic rings. The maximum absolute atomic E-state index is 11.2. The van der Waals surface area contributed by atoms with Gasteiger partial charge in [0.2, 0.25) is 0 Å². The Bertz CT molecular complexity index is 448. The van der Waals surface area contributed by atoms with Gasteiger partial charge in [-0.25, -0.2) is 0 Å². The lowest BCUT2D eigenvalue weighted by atomic mass is 10.1. The van der Waals surface area contributed by atoms with Gasteiger partial charge >= 0.3 is 5.97 Å². The van der Waals surface area contributed by atoms with Crippen LogP contribution < -0.4 is 10.6 Å². The Labute approximate surface area is 104 Å². The van der Waals surface area contributed by atoms with Gasteiger partial charge in [0, 0.05) is 18.6 Å². The molecule has 0 aliphatic heterocycles. The predicted octanol–water partition coefficient (Wildman–Crippen LogP) is 1.35. The van der Waals surface area contributed by atoms with Crippen molar-refractivity contribution in [2.75, 3.05) is 18.5 Å². The number of carboxylic acids is 1. The minimum absolute atomic E-state index is 0.0266. The van der Waals surface area contributed by atoms with E-state index in [1.165, 1.54) is 6.07 Å². The number of aliphatic carboxylic acids is 1. The third kappa shape index (κ3) is 3.64. The van der Waals surface area contributed by atoms with E-state index < -0.39 is 11.9 Å². The maximum Gasteiger partial charge on any atom is 0.305 e. The second-order valence-corrected chi connectivity index (χ2v) is 4.03. The van der Waals surface area contributed by atoms with Crippen LogP contribution in [0.25, 0.3) is 0 Å². The number of anilines is 1. The molecule has 0 heterocycles. The van der Waals surface area contributed by atoms with Crippen molar-refractivity contribution in [2.45, 2.75) is 6.42 Å². The molecule has 17 heavy (non-hydrogen) atoms. The summed E-state index contributed by atoms with van der Waals surface area (Å²) in [5.74, 6) is -1.47. The molecule has 1 amide bonds. The lowest BCUT2D eigenvalue weighted by Gasteiger charge is -2.20. The van der Waals surface area contributed by atoms with Crippen LogP contribution in [0, 0.1) is 0 Å². The highest BCUT2D eigenvalue weighted by Crippen LogP contribution is 2.23. The summed E-state index contributed by atoms with van der Waals surface area (Å²) < 4.78 is 0. The Hall–Kier alpha value is -1.75. The summed E-state index contributed by atoms with van der Waals surface area (Å²) in [7, 11) is 1.68. The molecule has 0 fully saturated rings. The fourth-order valence-electron chi connectivity index (χ4n) is 1.41. The number of rotatable bonds is 5. The highest BCUT2D eigenvalue weighted by molar-refractivity contribution is 6.31. The summed E-state index contributed by atoms with van der Waals surface area (Å²) in [5.41, 5.74) is 6.09. The van der Waals surface area contributed by atoms with Crippen LogP contribution in [0.2, 0.25) is 5.02 Å². The van der Waals surface area contributed by atoms with Crippen molar-refractivity contribution in [3.63, 3.8) is 0 Å². The van der Waals surface area contributed by atoms with Crippen molar-refractivity contribution < 1.29 is 14.7 Å². The van der Waals surface area contributed by atoms with E-state index in [0.29, 0.717) is 16.3 Å². The number of hydrogen-bond acceptors (Lipinski definition) is 3. The first-order chi connectivity index (χ1) is 7.91. The smallest absolute Gasteiger partial charge is 0.305 e. The second-order valence-electron chi connectivity index (χ2n) is 3.59. The molecular formula is C11H13ClN2O3. The van der Waals surface area contributed by atoms with Gasteiger partial charge in [0.15, 0.2) is 0 Å². The SMILES string of the molecule is CN(CCC(=O)O)c1cc(Cl)ccc1C(N)=O. The van der Waals surface area contributed by atoms with Gasteiger partial charge in [0.05, 0.1) is 17.7 Å². The second kappa shape index (κ2) is 5.54. The zero-order chi connectivity index (χ0) is 13.0. The molecule has 1 rings (SSSR count). The monoisotopic (exact) mass is 256 g/mol. The molecule has 0 spiro atoms. The van der Waals surface area contributed by atoms with Crippen LogP contribution in [0.5, 0.6) is 0 Å². The fraction of sp³-hybridized carbons (Fsp3) is 0.273.